The highest BCUT2D eigenvalue weighted by Gasteiger charge is 2.17. The molecule has 0 fully saturated rings. The number of esters is 1. The molecule has 1 amide bonds. The van der Waals surface area contributed by atoms with Crippen molar-refractivity contribution < 1.29 is 14.3 Å². The van der Waals surface area contributed by atoms with Gasteiger partial charge in [0.2, 0.25) is 6.41 Å². The maximum atomic E-state index is 12.0. The van der Waals surface area contributed by atoms with Crippen LogP contribution in [0.4, 0.5) is 11.4 Å². The van der Waals surface area contributed by atoms with Crippen LogP contribution in [0.5, 0.6) is 0 Å². The summed E-state index contributed by atoms with van der Waals surface area (Å²) in [6.07, 6.45) is 1.02. The second-order valence-electron chi connectivity index (χ2n) is 7.08. The summed E-state index contributed by atoms with van der Waals surface area (Å²) in [5, 5.41) is 3.09. The Morgan fingerprint density at radius 2 is 1.81 bits per heavy atom. The van der Waals surface area contributed by atoms with Crippen molar-refractivity contribution in [2.45, 2.75) is 39.3 Å². The van der Waals surface area contributed by atoms with Crippen molar-refractivity contribution in [1.29, 1.82) is 0 Å². The molecule has 0 heterocycles. The molecule has 2 aromatic rings. The minimum atomic E-state index is -0.500. The molecule has 0 aliphatic rings. The quantitative estimate of drug-likeness (QED) is 0.607. The molecule has 138 valence electrons. The summed E-state index contributed by atoms with van der Waals surface area (Å²) in [7, 11) is 1.82. The summed E-state index contributed by atoms with van der Waals surface area (Å²) in [6.45, 7) is 5.97. The van der Waals surface area contributed by atoms with Gasteiger partial charge in [-0.05, 0) is 44.0 Å². The predicted octanol–water partition coefficient (Wildman–Crippen LogP) is 3.78. The second kappa shape index (κ2) is 8.52. The van der Waals surface area contributed by atoms with E-state index in [4.69, 9.17) is 4.74 Å². The number of hydrogen-bond donors (Lipinski definition) is 1. The Morgan fingerprint density at radius 3 is 2.46 bits per heavy atom. The van der Waals surface area contributed by atoms with E-state index < -0.39 is 5.60 Å². The maximum absolute atomic E-state index is 12.0. The predicted molar refractivity (Wildman–Crippen MR) is 104 cm³/mol. The minimum absolute atomic E-state index is 0.208. The van der Waals surface area contributed by atoms with E-state index in [1.807, 2.05) is 76.3 Å². The van der Waals surface area contributed by atoms with Gasteiger partial charge in [0.15, 0.2) is 0 Å². The number of hydrogen-bond acceptors (Lipinski definition) is 4. The molecule has 0 saturated heterocycles. The number of carbonyl (C=O) groups is 2. The fourth-order valence-electron chi connectivity index (χ4n) is 2.69. The van der Waals surface area contributed by atoms with Gasteiger partial charge in [-0.1, -0.05) is 36.4 Å². The Morgan fingerprint density at radius 1 is 1.12 bits per heavy atom. The second-order valence-corrected chi connectivity index (χ2v) is 7.08. The third-order valence-electron chi connectivity index (χ3n) is 3.72. The number of nitrogens with zero attached hydrogens (tertiary/aromatic N) is 1. The first kappa shape index (κ1) is 19.5. The van der Waals surface area contributed by atoms with Gasteiger partial charge in [-0.3, -0.25) is 9.59 Å². The van der Waals surface area contributed by atoms with Crippen LogP contribution in [0.2, 0.25) is 0 Å². The molecule has 5 heteroatoms. The fourth-order valence-corrected chi connectivity index (χ4v) is 2.69. The molecule has 2 rings (SSSR count). The zero-order valence-corrected chi connectivity index (χ0v) is 15.8. The molecule has 0 radical (unpaired) electrons. The van der Waals surface area contributed by atoms with Gasteiger partial charge in [0, 0.05) is 7.05 Å². The van der Waals surface area contributed by atoms with Crippen LogP contribution in [-0.4, -0.2) is 25.0 Å². The van der Waals surface area contributed by atoms with E-state index in [0.717, 1.165) is 28.9 Å². The number of nitrogens with one attached hydrogen (secondary N) is 1. The van der Waals surface area contributed by atoms with Crippen LogP contribution in [0, 0.1) is 0 Å². The number of ether oxygens (including phenoxy) is 1. The highest BCUT2D eigenvalue weighted by Crippen LogP contribution is 2.25. The first-order valence-electron chi connectivity index (χ1n) is 8.61. The van der Waals surface area contributed by atoms with Gasteiger partial charge in [-0.2, -0.15) is 0 Å². The fraction of sp³-hybridized carbons (Fsp3) is 0.333. The molecule has 0 aromatic heterocycles. The number of rotatable bonds is 7. The number of para-hydroxylation sites is 2. The van der Waals surface area contributed by atoms with Crippen LogP contribution in [-0.2, 0) is 27.3 Å². The number of amides is 1. The summed E-state index contributed by atoms with van der Waals surface area (Å²) in [5.74, 6) is -0.262. The number of carbonyl (C=O) groups excluding carboxylic acids is 2. The van der Waals surface area contributed by atoms with Gasteiger partial charge in [-0.15, -0.1) is 0 Å². The molecule has 0 bridgehead atoms. The Labute approximate surface area is 155 Å². The number of benzene rings is 2. The Kier molecular flexibility index (Phi) is 6.39. The zero-order valence-electron chi connectivity index (χ0n) is 15.8. The van der Waals surface area contributed by atoms with Gasteiger partial charge in [0.1, 0.15) is 5.60 Å². The normalized spacial score (nSPS) is 10.9. The minimum Gasteiger partial charge on any atom is -0.460 e. The Balaban J connectivity index is 2.14. The first-order chi connectivity index (χ1) is 12.3. The highest BCUT2D eigenvalue weighted by atomic mass is 16.6. The van der Waals surface area contributed by atoms with Crippen LogP contribution < -0.4 is 10.2 Å². The lowest BCUT2D eigenvalue weighted by molar-refractivity contribution is -0.153. The van der Waals surface area contributed by atoms with Crippen LogP contribution in [0.3, 0.4) is 0 Å². The van der Waals surface area contributed by atoms with Crippen molar-refractivity contribution in [3.63, 3.8) is 0 Å². The number of anilines is 2. The summed E-state index contributed by atoms with van der Waals surface area (Å²) in [5.41, 5.74) is 3.00. The molecule has 26 heavy (non-hydrogen) atoms. The SMILES string of the molecule is CNc1ccccc1N(C=O)Cc1cccc(CC(=O)OC(C)(C)C)c1. The van der Waals surface area contributed by atoms with Crippen molar-refractivity contribution in [3.05, 3.63) is 59.7 Å². The highest BCUT2D eigenvalue weighted by molar-refractivity contribution is 5.83. The van der Waals surface area contributed by atoms with Gasteiger partial charge in [0.05, 0.1) is 24.3 Å². The van der Waals surface area contributed by atoms with E-state index in [2.05, 4.69) is 5.32 Å². The van der Waals surface area contributed by atoms with Crippen molar-refractivity contribution in [1.82, 2.24) is 0 Å². The van der Waals surface area contributed by atoms with Crippen LogP contribution in [0.1, 0.15) is 31.9 Å². The molecule has 0 unspecified atom stereocenters. The molecule has 0 aliphatic carbocycles. The lowest BCUT2D eigenvalue weighted by Crippen LogP contribution is -2.25. The average molecular weight is 354 g/mol. The lowest BCUT2D eigenvalue weighted by atomic mass is 10.1. The molecule has 0 aliphatic heterocycles. The van der Waals surface area contributed by atoms with Crippen molar-refractivity contribution in [2.75, 3.05) is 17.3 Å². The molecule has 0 saturated carbocycles. The van der Waals surface area contributed by atoms with Gasteiger partial charge in [0.25, 0.3) is 0 Å². The monoisotopic (exact) mass is 354 g/mol. The zero-order chi connectivity index (χ0) is 19.2. The summed E-state index contributed by atoms with van der Waals surface area (Å²) in [6, 6.07) is 15.3. The van der Waals surface area contributed by atoms with E-state index in [1.54, 1.807) is 4.90 Å². The van der Waals surface area contributed by atoms with E-state index in [-0.39, 0.29) is 12.4 Å². The average Bonchev–Trinajstić information content (AvgIpc) is 2.58. The van der Waals surface area contributed by atoms with Gasteiger partial charge >= 0.3 is 5.97 Å². The summed E-state index contributed by atoms with van der Waals surface area (Å²) in [4.78, 5) is 25.3. The molecule has 2 aromatic carbocycles. The van der Waals surface area contributed by atoms with E-state index in [1.165, 1.54) is 0 Å². The van der Waals surface area contributed by atoms with E-state index >= 15 is 0 Å². The molecule has 1 N–H and O–H groups in total. The summed E-state index contributed by atoms with van der Waals surface area (Å²) >= 11 is 0. The summed E-state index contributed by atoms with van der Waals surface area (Å²) < 4.78 is 5.37. The third-order valence-corrected chi connectivity index (χ3v) is 3.72. The topological polar surface area (TPSA) is 58.6 Å². The Hall–Kier alpha value is -2.82. The molecular weight excluding hydrogens is 328 g/mol. The molecular formula is C21H26N2O3. The lowest BCUT2D eigenvalue weighted by Gasteiger charge is -2.21. The van der Waals surface area contributed by atoms with Crippen LogP contribution >= 0.6 is 0 Å². The first-order valence-corrected chi connectivity index (χ1v) is 8.61. The molecule has 0 atom stereocenters. The van der Waals surface area contributed by atoms with E-state index in [9.17, 15) is 9.59 Å². The Bertz CT molecular complexity index is 766. The smallest absolute Gasteiger partial charge is 0.310 e. The molecule has 0 spiro atoms. The van der Waals surface area contributed by atoms with E-state index in [0.29, 0.717) is 6.54 Å². The van der Waals surface area contributed by atoms with Crippen molar-refractivity contribution in [2.24, 2.45) is 0 Å². The van der Waals surface area contributed by atoms with Crippen LogP contribution in [0.25, 0.3) is 0 Å². The maximum Gasteiger partial charge on any atom is 0.310 e. The van der Waals surface area contributed by atoms with Crippen molar-refractivity contribution >= 4 is 23.8 Å². The van der Waals surface area contributed by atoms with Gasteiger partial charge < -0.3 is 15.0 Å². The molecule has 5 nitrogen and oxygen atoms in total. The third kappa shape index (κ3) is 5.62. The van der Waals surface area contributed by atoms with Crippen LogP contribution in [0.15, 0.2) is 48.5 Å². The van der Waals surface area contributed by atoms with Crippen molar-refractivity contribution in [3.8, 4) is 0 Å². The van der Waals surface area contributed by atoms with Gasteiger partial charge in [-0.25, -0.2) is 0 Å². The largest absolute Gasteiger partial charge is 0.460 e. The standard InChI is InChI=1S/C21H26N2O3/c1-21(2,3)26-20(25)13-16-8-7-9-17(12-16)14-23(15-24)19-11-6-5-10-18(19)22-4/h5-12,15,22H,13-14H2,1-4H3.